The molecule has 2 nitrogen and oxygen atoms in total. The van der Waals surface area contributed by atoms with Crippen LogP contribution in [0.5, 0.6) is 0 Å². The van der Waals surface area contributed by atoms with Gasteiger partial charge in [-0.1, -0.05) is 40.5 Å². The van der Waals surface area contributed by atoms with Crippen molar-refractivity contribution in [2.75, 3.05) is 5.75 Å². The van der Waals surface area contributed by atoms with Gasteiger partial charge in [-0.3, -0.25) is 4.79 Å². The maximum atomic E-state index is 11.1. The third-order valence-corrected chi connectivity index (χ3v) is 5.70. The molecule has 15 heavy (non-hydrogen) atoms. The van der Waals surface area contributed by atoms with Crippen LogP contribution >= 0.6 is 21.6 Å². The van der Waals surface area contributed by atoms with Crippen LogP contribution in [-0.2, 0) is 4.79 Å². The molecule has 0 aromatic rings. The number of hydrogen-bond acceptors (Lipinski definition) is 3. The Morgan fingerprint density at radius 3 is 2.87 bits per heavy atom. The van der Waals surface area contributed by atoms with Gasteiger partial charge in [0.1, 0.15) is 0 Å². The fraction of sp³-hybridized carbons (Fsp3) is 0.727. The van der Waals surface area contributed by atoms with Crippen LogP contribution in [0, 0.1) is 0 Å². The van der Waals surface area contributed by atoms with Crippen molar-refractivity contribution in [3.8, 4) is 0 Å². The van der Waals surface area contributed by atoms with E-state index < -0.39 is 0 Å². The van der Waals surface area contributed by atoms with E-state index in [9.17, 15) is 4.79 Å². The van der Waals surface area contributed by atoms with Gasteiger partial charge in [-0.2, -0.15) is 0 Å². The summed E-state index contributed by atoms with van der Waals surface area (Å²) in [5.74, 6) is 0.978. The van der Waals surface area contributed by atoms with Crippen molar-refractivity contribution >= 4 is 27.5 Å². The Kier molecular flexibility index (Phi) is 5.61. The van der Waals surface area contributed by atoms with Crippen molar-refractivity contribution in [1.82, 2.24) is 0 Å². The second kappa shape index (κ2) is 6.48. The number of primary amides is 1. The number of hydrogen-bond donors (Lipinski definition) is 1. The van der Waals surface area contributed by atoms with Crippen molar-refractivity contribution in [3.63, 3.8) is 0 Å². The topological polar surface area (TPSA) is 43.1 Å². The summed E-state index contributed by atoms with van der Waals surface area (Å²) < 4.78 is 0. The molecular weight excluding hydrogens is 226 g/mol. The first kappa shape index (κ1) is 13.0. The second-order valence-electron chi connectivity index (χ2n) is 3.82. The van der Waals surface area contributed by atoms with Crippen molar-refractivity contribution < 1.29 is 4.79 Å². The van der Waals surface area contributed by atoms with Crippen LogP contribution < -0.4 is 5.73 Å². The first-order chi connectivity index (χ1) is 7.16. The van der Waals surface area contributed by atoms with Crippen molar-refractivity contribution in [2.45, 2.75) is 44.8 Å². The molecule has 4 heteroatoms. The summed E-state index contributed by atoms with van der Waals surface area (Å²) in [7, 11) is 3.83. The lowest BCUT2D eigenvalue weighted by Crippen LogP contribution is -2.13. The highest BCUT2D eigenvalue weighted by Crippen LogP contribution is 2.40. The van der Waals surface area contributed by atoms with Crippen LogP contribution in [0.3, 0.4) is 0 Å². The molecule has 1 amide bonds. The van der Waals surface area contributed by atoms with Crippen LogP contribution in [0.15, 0.2) is 11.1 Å². The van der Waals surface area contributed by atoms with Crippen LogP contribution in [0.2, 0.25) is 0 Å². The van der Waals surface area contributed by atoms with E-state index in [0.717, 1.165) is 18.4 Å². The summed E-state index contributed by atoms with van der Waals surface area (Å²) in [5.41, 5.74) is 7.38. The number of carbonyl (C=O) groups is 1. The van der Waals surface area contributed by atoms with Gasteiger partial charge < -0.3 is 5.73 Å². The number of amides is 1. The van der Waals surface area contributed by atoms with Crippen LogP contribution in [0.25, 0.3) is 0 Å². The monoisotopic (exact) mass is 245 g/mol. The Morgan fingerprint density at radius 1 is 1.60 bits per heavy atom. The first-order valence-electron chi connectivity index (χ1n) is 5.44. The fourth-order valence-corrected chi connectivity index (χ4v) is 4.68. The van der Waals surface area contributed by atoms with Gasteiger partial charge in [0.25, 0.3) is 0 Å². The van der Waals surface area contributed by atoms with E-state index >= 15 is 0 Å². The van der Waals surface area contributed by atoms with Crippen molar-refractivity contribution in [3.05, 3.63) is 11.1 Å². The summed E-state index contributed by atoms with van der Waals surface area (Å²) in [5, 5.41) is 0.509. The van der Waals surface area contributed by atoms with E-state index in [1.54, 1.807) is 0 Å². The largest absolute Gasteiger partial charge is 0.366 e. The lowest BCUT2D eigenvalue weighted by molar-refractivity contribution is -0.114. The lowest BCUT2D eigenvalue weighted by atomic mass is 10.2. The standard InChI is InChI=1S/C11H19NOS2/c1-3-4-7-14-15-10-6-5-9(8(10)2)11(12)13/h10H,3-7H2,1-2H3,(H2,12,13). The predicted molar refractivity (Wildman–Crippen MR) is 69.9 cm³/mol. The first-order valence-corrected chi connectivity index (χ1v) is 7.82. The minimum absolute atomic E-state index is 0.228. The second-order valence-corrected chi connectivity index (χ2v) is 6.51. The highest BCUT2D eigenvalue weighted by atomic mass is 33.1. The highest BCUT2D eigenvalue weighted by molar-refractivity contribution is 8.77. The molecule has 0 saturated carbocycles. The molecule has 1 rings (SSSR count). The van der Waals surface area contributed by atoms with Gasteiger partial charge in [-0.05, 0) is 26.2 Å². The Bertz CT molecular complexity index is 263. The molecule has 0 fully saturated rings. The maximum absolute atomic E-state index is 11.1. The predicted octanol–water partition coefficient (Wildman–Crippen LogP) is 3.13. The van der Waals surface area contributed by atoms with Gasteiger partial charge in [-0.25, -0.2) is 0 Å². The summed E-state index contributed by atoms with van der Waals surface area (Å²) in [6, 6.07) is 0. The van der Waals surface area contributed by atoms with E-state index in [4.69, 9.17) is 5.73 Å². The molecule has 0 spiro atoms. The molecule has 86 valence electrons. The third-order valence-electron chi connectivity index (χ3n) is 2.68. The van der Waals surface area contributed by atoms with Gasteiger partial charge in [-0.15, -0.1) is 0 Å². The molecule has 0 radical (unpaired) electrons. The van der Waals surface area contributed by atoms with Crippen LogP contribution in [0.1, 0.15) is 39.5 Å². The van der Waals surface area contributed by atoms with E-state index in [-0.39, 0.29) is 5.91 Å². The molecule has 0 aromatic heterocycles. The van der Waals surface area contributed by atoms with Crippen LogP contribution in [0.4, 0.5) is 0 Å². The smallest absolute Gasteiger partial charge is 0.244 e. The number of rotatable bonds is 6. The highest BCUT2D eigenvalue weighted by Gasteiger charge is 2.25. The van der Waals surface area contributed by atoms with Gasteiger partial charge in [0.15, 0.2) is 0 Å². The minimum Gasteiger partial charge on any atom is -0.366 e. The number of nitrogens with two attached hydrogens (primary N) is 1. The molecule has 1 unspecified atom stereocenters. The lowest BCUT2D eigenvalue weighted by Gasteiger charge is -2.09. The van der Waals surface area contributed by atoms with E-state index in [1.165, 1.54) is 24.2 Å². The molecule has 0 bridgehead atoms. The Hall–Kier alpha value is -0.0900. The van der Waals surface area contributed by atoms with E-state index in [2.05, 4.69) is 6.92 Å². The Labute approximate surface area is 99.8 Å². The van der Waals surface area contributed by atoms with Crippen molar-refractivity contribution in [2.24, 2.45) is 5.73 Å². The van der Waals surface area contributed by atoms with Gasteiger partial charge >= 0.3 is 0 Å². The zero-order valence-electron chi connectivity index (χ0n) is 9.41. The van der Waals surface area contributed by atoms with Crippen molar-refractivity contribution in [1.29, 1.82) is 0 Å². The zero-order chi connectivity index (χ0) is 11.3. The Balaban J connectivity index is 2.36. The maximum Gasteiger partial charge on any atom is 0.244 e. The Morgan fingerprint density at radius 2 is 2.33 bits per heavy atom. The van der Waals surface area contributed by atoms with Gasteiger partial charge in [0.2, 0.25) is 5.91 Å². The molecule has 0 aliphatic heterocycles. The quantitative estimate of drug-likeness (QED) is 0.577. The zero-order valence-corrected chi connectivity index (χ0v) is 11.0. The fourth-order valence-electron chi connectivity index (χ4n) is 1.65. The molecule has 1 aliphatic carbocycles. The molecule has 2 N–H and O–H groups in total. The molecule has 1 atom stereocenters. The summed E-state index contributed by atoms with van der Waals surface area (Å²) >= 11 is 0. The normalized spacial score (nSPS) is 21.1. The average Bonchev–Trinajstić information content (AvgIpc) is 2.55. The SMILES string of the molecule is CCCCSSC1CCC(C(N)=O)=C1C. The molecule has 0 saturated heterocycles. The molecule has 0 aromatic carbocycles. The average molecular weight is 245 g/mol. The summed E-state index contributed by atoms with van der Waals surface area (Å²) in [6.07, 6.45) is 4.47. The van der Waals surface area contributed by atoms with Crippen LogP contribution in [-0.4, -0.2) is 16.9 Å². The minimum atomic E-state index is -0.228. The van der Waals surface area contributed by atoms with Gasteiger partial charge in [0.05, 0.1) is 0 Å². The summed E-state index contributed by atoms with van der Waals surface area (Å²) in [4.78, 5) is 11.1. The number of carbonyl (C=O) groups excluding carboxylic acids is 1. The summed E-state index contributed by atoms with van der Waals surface area (Å²) in [6.45, 7) is 4.25. The number of unbranched alkanes of at least 4 members (excludes halogenated alkanes) is 1. The van der Waals surface area contributed by atoms with E-state index in [0.29, 0.717) is 5.25 Å². The molecule has 1 aliphatic rings. The van der Waals surface area contributed by atoms with E-state index in [1.807, 2.05) is 28.5 Å². The third kappa shape index (κ3) is 3.76. The molecular formula is C11H19NOS2. The van der Waals surface area contributed by atoms with Gasteiger partial charge in [0, 0.05) is 16.6 Å². The molecule has 0 heterocycles.